The van der Waals surface area contributed by atoms with Gasteiger partial charge in [-0.25, -0.2) is 4.98 Å². The van der Waals surface area contributed by atoms with Crippen molar-refractivity contribution in [1.29, 1.82) is 5.26 Å². The van der Waals surface area contributed by atoms with Crippen LogP contribution in [0.2, 0.25) is 5.02 Å². The second kappa shape index (κ2) is 5.46. The summed E-state index contributed by atoms with van der Waals surface area (Å²) >= 11 is 7.47. The van der Waals surface area contributed by atoms with Gasteiger partial charge < -0.3 is 0 Å². The first-order valence-corrected chi connectivity index (χ1v) is 7.24. The van der Waals surface area contributed by atoms with E-state index in [2.05, 4.69) is 11.1 Å². The number of hydrogen-bond donors (Lipinski definition) is 0. The molecular formula is C16H9ClN2S. The van der Waals surface area contributed by atoms with Crippen molar-refractivity contribution < 1.29 is 0 Å². The van der Waals surface area contributed by atoms with Gasteiger partial charge in [-0.05, 0) is 24.3 Å². The highest BCUT2D eigenvalue weighted by Crippen LogP contribution is 2.29. The molecule has 0 N–H and O–H groups in total. The fraction of sp³-hybridized carbons (Fsp3) is 0. The zero-order valence-corrected chi connectivity index (χ0v) is 11.9. The molecule has 0 spiro atoms. The van der Waals surface area contributed by atoms with Crippen molar-refractivity contribution in [3.8, 4) is 27.9 Å². The number of halogens is 1. The molecule has 4 heteroatoms. The molecule has 0 bridgehead atoms. The van der Waals surface area contributed by atoms with Crippen molar-refractivity contribution in [2.45, 2.75) is 0 Å². The Hall–Kier alpha value is -2.15. The summed E-state index contributed by atoms with van der Waals surface area (Å²) in [6.45, 7) is 0. The number of rotatable bonds is 2. The molecular weight excluding hydrogens is 288 g/mol. The van der Waals surface area contributed by atoms with Gasteiger partial charge in [0.2, 0.25) is 0 Å². The van der Waals surface area contributed by atoms with Gasteiger partial charge in [0.1, 0.15) is 5.01 Å². The third kappa shape index (κ3) is 2.57. The van der Waals surface area contributed by atoms with E-state index in [0.717, 1.165) is 21.8 Å². The number of nitriles is 1. The molecule has 0 radical (unpaired) electrons. The van der Waals surface area contributed by atoms with Gasteiger partial charge in [-0.1, -0.05) is 35.9 Å². The number of hydrogen-bond acceptors (Lipinski definition) is 3. The third-order valence-corrected chi connectivity index (χ3v) is 4.03. The van der Waals surface area contributed by atoms with E-state index in [0.29, 0.717) is 10.6 Å². The Balaban J connectivity index is 1.97. The number of nitrogens with zero attached hydrogens (tertiary/aromatic N) is 2. The average Bonchev–Trinajstić information content (AvgIpc) is 2.98. The molecule has 20 heavy (non-hydrogen) atoms. The van der Waals surface area contributed by atoms with E-state index in [4.69, 9.17) is 16.9 Å². The van der Waals surface area contributed by atoms with E-state index in [9.17, 15) is 0 Å². The lowest BCUT2D eigenvalue weighted by atomic mass is 10.1. The molecule has 0 saturated carbocycles. The Morgan fingerprint density at radius 2 is 1.85 bits per heavy atom. The topological polar surface area (TPSA) is 36.7 Å². The van der Waals surface area contributed by atoms with Crippen LogP contribution in [0.5, 0.6) is 0 Å². The summed E-state index contributed by atoms with van der Waals surface area (Å²) in [4.78, 5) is 4.62. The Bertz CT molecular complexity index is 785. The van der Waals surface area contributed by atoms with E-state index in [-0.39, 0.29) is 0 Å². The maximum absolute atomic E-state index is 8.94. The van der Waals surface area contributed by atoms with Crippen LogP contribution >= 0.6 is 22.9 Å². The lowest BCUT2D eigenvalue weighted by molar-refractivity contribution is 1.39. The Morgan fingerprint density at radius 3 is 2.60 bits per heavy atom. The first-order chi connectivity index (χ1) is 9.76. The Morgan fingerprint density at radius 1 is 1.05 bits per heavy atom. The quantitative estimate of drug-likeness (QED) is 0.667. The lowest BCUT2D eigenvalue weighted by Gasteiger charge is -1.98. The summed E-state index contributed by atoms with van der Waals surface area (Å²) in [5.41, 5.74) is 3.53. The zero-order chi connectivity index (χ0) is 13.9. The van der Waals surface area contributed by atoms with E-state index in [1.165, 1.54) is 0 Å². The minimum absolute atomic E-state index is 0.642. The molecule has 96 valence electrons. The van der Waals surface area contributed by atoms with E-state index < -0.39 is 0 Å². The van der Waals surface area contributed by atoms with Crippen LogP contribution in [0.1, 0.15) is 5.56 Å². The van der Waals surface area contributed by atoms with Crippen LogP contribution in [-0.2, 0) is 0 Å². The fourth-order valence-electron chi connectivity index (χ4n) is 1.88. The number of aromatic nitrogens is 1. The van der Waals surface area contributed by atoms with Crippen LogP contribution in [0.25, 0.3) is 21.8 Å². The van der Waals surface area contributed by atoms with E-state index in [1.54, 1.807) is 17.4 Å². The normalized spacial score (nSPS) is 10.2. The van der Waals surface area contributed by atoms with Gasteiger partial charge in [0.25, 0.3) is 0 Å². The fourth-order valence-corrected chi connectivity index (χ4v) is 2.84. The van der Waals surface area contributed by atoms with Crippen LogP contribution in [-0.4, -0.2) is 4.98 Å². The molecule has 0 aliphatic rings. The molecule has 0 fully saturated rings. The maximum atomic E-state index is 8.94. The first-order valence-electron chi connectivity index (χ1n) is 5.98. The Labute approximate surface area is 125 Å². The van der Waals surface area contributed by atoms with Crippen molar-refractivity contribution in [1.82, 2.24) is 4.98 Å². The first kappa shape index (κ1) is 12.9. The molecule has 1 heterocycles. The summed E-state index contributed by atoms with van der Waals surface area (Å²) in [7, 11) is 0. The van der Waals surface area contributed by atoms with Crippen LogP contribution in [0, 0.1) is 11.3 Å². The number of benzene rings is 2. The average molecular weight is 297 g/mol. The SMILES string of the molecule is N#Cc1cccc(-c2csc(-c3ccc(Cl)cc3)n2)c1. The molecule has 3 aromatic rings. The minimum Gasteiger partial charge on any atom is -0.236 e. The minimum atomic E-state index is 0.642. The van der Waals surface area contributed by atoms with Gasteiger partial charge in [-0.3, -0.25) is 0 Å². The van der Waals surface area contributed by atoms with E-state index >= 15 is 0 Å². The van der Waals surface area contributed by atoms with Crippen LogP contribution in [0.15, 0.2) is 53.9 Å². The van der Waals surface area contributed by atoms with Crippen molar-refractivity contribution in [2.75, 3.05) is 0 Å². The molecule has 1 aromatic heterocycles. The molecule has 0 amide bonds. The lowest BCUT2D eigenvalue weighted by Crippen LogP contribution is -1.81. The maximum Gasteiger partial charge on any atom is 0.124 e. The summed E-state index contributed by atoms with van der Waals surface area (Å²) in [6.07, 6.45) is 0. The van der Waals surface area contributed by atoms with Crippen molar-refractivity contribution in [3.05, 3.63) is 64.5 Å². The third-order valence-electron chi connectivity index (χ3n) is 2.88. The highest BCUT2D eigenvalue weighted by molar-refractivity contribution is 7.13. The van der Waals surface area contributed by atoms with Gasteiger partial charge in [0, 0.05) is 21.5 Å². The van der Waals surface area contributed by atoms with Crippen LogP contribution < -0.4 is 0 Å². The predicted octanol–water partition coefficient (Wildman–Crippen LogP) is 5.00. The van der Waals surface area contributed by atoms with Gasteiger partial charge in [-0.2, -0.15) is 5.26 Å². The van der Waals surface area contributed by atoms with Gasteiger partial charge in [0.05, 0.1) is 17.3 Å². The highest BCUT2D eigenvalue weighted by atomic mass is 35.5. The molecule has 2 nitrogen and oxygen atoms in total. The second-order valence-electron chi connectivity index (χ2n) is 4.24. The van der Waals surface area contributed by atoms with Crippen LogP contribution in [0.3, 0.4) is 0 Å². The molecule has 2 aromatic carbocycles. The standard InChI is InChI=1S/C16H9ClN2S/c17-14-6-4-12(5-7-14)16-19-15(10-20-16)13-3-1-2-11(8-13)9-18/h1-8,10H. The monoisotopic (exact) mass is 296 g/mol. The predicted molar refractivity (Wildman–Crippen MR) is 82.7 cm³/mol. The molecule has 3 rings (SSSR count). The summed E-state index contributed by atoms with van der Waals surface area (Å²) < 4.78 is 0. The highest BCUT2D eigenvalue weighted by Gasteiger charge is 2.07. The number of thiazole rings is 1. The molecule has 0 atom stereocenters. The zero-order valence-electron chi connectivity index (χ0n) is 10.4. The largest absolute Gasteiger partial charge is 0.236 e. The van der Waals surface area contributed by atoms with Crippen molar-refractivity contribution in [3.63, 3.8) is 0 Å². The Kier molecular flexibility index (Phi) is 3.51. The second-order valence-corrected chi connectivity index (χ2v) is 5.53. The molecule has 0 aliphatic heterocycles. The smallest absolute Gasteiger partial charge is 0.124 e. The summed E-state index contributed by atoms with van der Waals surface area (Å²) in [6, 6.07) is 17.2. The van der Waals surface area contributed by atoms with Crippen LogP contribution in [0.4, 0.5) is 0 Å². The van der Waals surface area contributed by atoms with Gasteiger partial charge in [0.15, 0.2) is 0 Å². The van der Waals surface area contributed by atoms with Gasteiger partial charge >= 0.3 is 0 Å². The molecule has 0 unspecified atom stereocenters. The molecule has 0 aliphatic carbocycles. The summed E-state index contributed by atoms with van der Waals surface area (Å²) in [5.74, 6) is 0. The van der Waals surface area contributed by atoms with E-state index in [1.807, 2.05) is 47.8 Å². The van der Waals surface area contributed by atoms with Crippen molar-refractivity contribution in [2.24, 2.45) is 0 Å². The van der Waals surface area contributed by atoms with Crippen molar-refractivity contribution >= 4 is 22.9 Å². The summed E-state index contributed by atoms with van der Waals surface area (Å²) in [5, 5.41) is 12.6. The van der Waals surface area contributed by atoms with Gasteiger partial charge in [-0.15, -0.1) is 11.3 Å². The molecule has 0 saturated heterocycles.